The fourth-order valence-corrected chi connectivity index (χ4v) is 2.67. The minimum atomic E-state index is 0.219. The summed E-state index contributed by atoms with van der Waals surface area (Å²) >= 11 is 1.39. The van der Waals surface area contributed by atoms with Gasteiger partial charge in [0.2, 0.25) is 0 Å². The van der Waals surface area contributed by atoms with Gasteiger partial charge in [-0.1, -0.05) is 6.07 Å². The van der Waals surface area contributed by atoms with Crippen LogP contribution in [0.5, 0.6) is 5.75 Å². The van der Waals surface area contributed by atoms with E-state index >= 15 is 0 Å². The van der Waals surface area contributed by atoms with Crippen LogP contribution in [-0.2, 0) is 0 Å². The molecule has 0 fully saturated rings. The molecule has 0 aliphatic heterocycles. The molecule has 0 spiro atoms. The molecule has 0 amide bonds. The molecular formula is C14H11N3OS. The standard InChI is InChI=1S/C14H11N3OS/c15-12-2-1-6-16-14(12)19-13-11-8-10(18)4-3-9(11)5-7-17-13/h1-8,18H,15H2. The first-order valence-electron chi connectivity index (χ1n) is 5.70. The zero-order valence-electron chi connectivity index (χ0n) is 9.95. The predicted molar refractivity (Wildman–Crippen MR) is 76.2 cm³/mol. The number of pyridine rings is 2. The van der Waals surface area contributed by atoms with Gasteiger partial charge in [-0.2, -0.15) is 0 Å². The molecule has 0 bridgehead atoms. The Morgan fingerprint density at radius 1 is 1.00 bits per heavy atom. The Morgan fingerprint density at radius 3 is 2.68 bits per heavy atom. The predicted octanol–water partition coefficient (Wildman–Crippen LogP) is 3.07. The van der Waals surface area contributed by atoms with Crippen LogP contribution in [0.3, 0.4) is 0 Å². The van der Waals surface area contributed by atoms with Crippen molar-refractivity contribution in [3.8, 4) is 5.75 Å². The molecule has 94 valence electrons. The average Bonchev–Trinajstić information content (AvgIpc) is 2.42. The Balaban J connectivity index is 2.10. The Labute approximate surface area is 114 Å². The SMILES string of the molecule is Nc1cccnc1Sc1nccc2ccc(O)cc12. The van der Waals surface area contributed by atoms with Gasteiger partial charge in [-0.05, 0) is 47.5 Å². The second-order valence-corrected chi connectivity index (χ2v) is 5.00. The molecule has 19 heavy (non-hydrogen) atoms. The van der Waals surface area contributed by atoms with E-state index in [2.05, 4.69) is 9.97 Å². The zero-order valence-corrected chi connectivity index (χ0v) is 10.8. The molecule has 0 atom stereocenters. The number of aromatic hydroxyl groups is 1. The first-order chi connectivity index (χ1) is 9.24. The maximum Gasteiger partial charge on any atom is 0.125 e. The van der Waals surface area contributed by atoms with Crippen LogP contribution in [0.15, 0.2) is 58.8 Å². The van der Waals surface area contributed by atoms with E-state index in [-0.39, 0.29) is 5.75 Å². The summed E-state index contributed by atoms with van der Waals surface area (Å²) in [4.78, 5) is 8.58. The lowest BCUT2D eigenvalue weighted by atomic mass is 10.2. The van der Waals surface area contributed by atoms with E-state index < -0.39 is 0 Å². The molecule has 5 heteroatoms. The molecule has 1 aromatic carbocycles. The summed E-state index contributed by atoms with van der Waals surface area (Å²) in [5.41, 5.74) is 6.50. The summed E-state index contributed by atoms with van der Waals surface area (Å²) in [5, 5.41) is 13.0. The third kappa shape index (κ3) is 2.32. The minimum absolute atomic E-state index is 0.219. The number of phenols is 1. The lowest BCUT2D eigenvalue weighted by Crippen LogP contribution is -1.91. The van der Waals surface area contributed by atoms with Gasteiger partial charge in [0, 0.05) is 17.8 Å². The van der Waals surface area contributed by atoms with Crippen molar-refractivity contribution < 1.29 is 5.11 Å². The number of aromatic nitrogens is 2. The first-order valence-corrected chi connectivity index (χ1v) is 6.52. The Bertz CT molecular complexity index is 746. The molecule has 3 aromatic rings. The number of rotatable bonds is 2. The van der Waals surface area contributed by atoms with Crippen LogP contribution in [0.1, 0.15) is 0 Å². The smallest absolute Gasteiger partial charge is 0.125 e. The summed E-state index contributed by atoms with van der Waals surface area (Å²) in [6, 6.07) is 10.7. The number of benzene rings is 1. The Hall–Kier alpha value is -2.27. The van der Waals surface area contributed by atoms with Crippen LogP contribution in [0.2, 0.25) is 0 Å². The summed E-state index contributed by atoms with van der Waals surface area (Å²) in [6.45, 7) is 0. The van der Waals surface area contributed by atoms with Gasteiger partial charge in [0.1, 0.15) is 15.8 Å². The monoisotopic (exact) mass is 269 g/mol. The molecule has 3 N–H and O–H groups in total. The van der Waals surface area contributed by atoms with Crippen molar-refractivity contribution in [3.63, 3.8) is 0 Å². The number of nitrogens with two attached hydrogens (primary N) is 1. The zero-order chi connectivity index (χ0) is 13.2. The van der Waals surface area contributed by atoms with E-state index in [1.807, 2.05) is 12.1 Å². The van der Waals surface area contributed by atoms with E-state index in [1.54, 1.807) is 36.7 Å². The molecule has 2 heterocycles. The van der Waals surface area contributed by atoms with E-state index in [1.165, 1.54) is 11.8 Å². The number of fused-ring (bicyclic) bond motifs is 1. The van der Waals surface area contributed by atoms with Crippen molar-refractivity contribution in [2.24, 2.45) is 0 Å². The fourth-order valence-electron chi connectivity index (χ4n) is 1.79. The molecule has 0 saturated heterocycles. The Morgan fingerprint density at radius 2 is 1.84 bits per heavy atom. The average molecular weight is 269 g/mol. The molecule has 0 unspecified atom stereocenters. The number of phenolic OH excluding ortho intramolecular Hbond substituents is 1. The van der Waals surface area contributed by atoms with E-state index in [4.69, 9.17) is 5.73 Å². The van der Waals surface area contributed by atoms with E-state index in [9.17, 15) is 5.11 Å². The third-order valence-electron chi connectivity index (χ3n) is 2.71. The summed E-state index contributed by atoms with van der Waals surface area (Å²) in [7, 11) is 0. The van der Waals surface area contributed by atoms with Crippen LogP contribution in [0.25, 0.3) is 10.8 Å². The van der Waals surface area contributed by atoms with Crippen molar-refractivity contribution >= 4 is 28.2 Å². The van der Waals surface area contributed by atoms with Gasteiger partial charge in [-0.3, -0.25) is 0 Å². The number of nitrogen functional groups attached to an aromatic ring is 1. The normalized spacial score (nSPS) is 10.7. The van der Waals surface area contributed by atoms with Crippen LogP contribution >= 0.6 is 11.8 Å². The maximum atomic E-state index is 9.60. The van der Waals surface area contributed by atoms with Gasteiger partial charge in [-0.25, -0.2) is 9.97 Å². The van der Waals surface area contributed by atoms with Gasteiger partial charge < -0.3 is 10.8 Å². The highest BCUT2D eigenvalue weighted by Crippen LogP contribution is 2.34. The molecular weight excluding hydrogens is 258 g/mol. The quantitative estimate of drug-likeness (QED) is 0.748. The first kappa shape index (κ1) is 11.8. The maximum absolute atomic E-state index is 9.60. The van der Waals surface area contributed by atoms with Crippen LogP contribution in [0.4, 0.5) is 5.69 Å². The Kier molecular flexibility index (Phi) is 2.97. The van der Waals surface area contributed by atoms with Crippen LogP contribution in [-0.4, -0.2) is 15.1 Å². The van der Waals surface area contributed by atoms with Crippen molar-refractivity contribution in [3.05, 3.63) is 48.8 Å². The van der Waals surface area contributed by atoms with Crippen molar-refractivity contribution in [2.45, 2.75) is 10.1 Å². The third-order valence-corrected chi connectivity index (χ3v) is 3.76. The molecule has 2 aromatic heterocycles. The molecule has 0 saturated carbocycles. The number of hydrogen-bond donors (Lipinski definition) is 2. The van der Waals surface area contributed by atoms with Gasteiger partial charge in [0.25, 0.3) is 0 Å². The number of anilines is 1. The number of nitrogens with zero attached hydrogens (tertiary/aromatic N) is 2. The lowest BCUT2D eigenvalue weighted by Gasteiger charge is -2.06. The topological polar surface area (TPSA) is 72.0 Å². The molecule has 0 aliphatic rings. The van der Waals surface area contributed by atoms with Crippen molar-refractivity contribution in [1.82, 2.24) is 9.97 Å². The second kappa shape index (κ2) is 4.78. The minimum Gasteiger partial charge on any atom is -0.508 e. The highest BCUT2D eigenvalue weighted by molar-refractivity contribution is 7.99. The molecule has 0 radical (unpaired) electrons. The molecule has 3 rings (SSSR count). The van der Waals surface area contributed by atoms with E-state index in [0.717, 1.165) is 15.8 Å². The fraction of sp³-hybridized carbons (Fsp3) is 0. The van der Waals surface area contributed by atoms with Crippen LogP contribution < -0.4 is 5.73 Å². The summed E-state index contributed by atoms with van der Waals surface area (Å²) < 4.78 is 0. The van der Waals surface area contributed by atoms with Gasteiger partial charge >= 0.3 is 0 Å². The summed E-state index contributed by atoms with van der Waals surface area (Å²) in [6.07, 6.45) is 3.43. The molecule has 0 aliphatic carbocycles. The largest absolute Gasteiger partial charge is 0.508 e. The second-order valence-electron chi connectivity index (χ2n) is 4.02. The van der Waals surface area contributed by atoms with Gasteiger partial charge in [0.15, 0.2) is 0 Å². The van der Waals surface area contributed by atoms with Crippen molar-refractivity contribution in [1.29, 1.82) is 0 Å². The molecule has 4 nitrogen and oxygen atoms in total. The highest BCUT2D eigenvalue weighted by Gasteiger charge is 2.08. The van der Waals surface area contributed by atoms with Gasteiger partial charge in [0.05, 0.1) is 5.69 Å². The van der Waals surface area contributed by atoms with Gasteiger partial charge in [-0.15, -0.1) is 0 Å². The highest BCUT2D eigenvalue weighted by atomic mass is 32.2. The summed E-state index contributed by atoms with van der Waals surface area (Å²) in [5.74, 6) is 0.219. The van der Waals surface area contributed by atoms with Crippen LogP contribution in [0, 0.1) is 0 Å². The van der Waals surface area contributed by atoms with Crippen molar-refractivity contribution in [2.75, 3.05) is 5.73 Å². The lowest BCUT2D eigenvalue weighted by molar-refractivity contribution is 0.476. The number of hydrogen-bond acceptors (Lipinski definition) is 5. The van der Waals surface area contributed by atoms with E-state index in [0.29, 0.717) is 10.7 Å².